The third-order valence-corrected chi connectivity index (χ3v) is 3.95. The fraction of sp³-hybridized carbons (Fsp3) is 0.250. The lowest BCUT2D eigenvalue weighted by Gasteiger charge is -2.16. The Morgan fingerprint density at radius 1 is 1.41 bits per heavy atom. The van der Waals surface area contributed by atoms with Crippen LogP contribution in [0.3, 0.4) is 0 Å². The molecule has 1 unspecified atom stereocenters. The van der Waals surface area contributed by atoms with Crippen LogP contribution in [0.15, 0.2) is 38.2 Å². The molecule has 0 heterocycles. The van der Waals surface area contributed by atoms with Crippen molar-refractivity contribution < 1.29 is 9.53 Å². The average molecular weight is 427 g/mol. The van der Waals surface area contributed by atoms with Gasteiger partial charge in [-0.15, -0.1) is 0 Å². The highest BCUT2D eigenvalue weighted by molar-refractivity contribution is 9.11. The van der Waals surface area contributed by atoms with E-state index < -0.39 is 5.97 Å². The summed E-state index contributed by atoms with van der Waals surface area (Å²) in [6.45, 7) is 5.68. The van der Waals surface area contributed by atoms with Crippen molar-refractivity contribution in [3.05, 3.63) is 43.8 Å². The predicted octanol–water partition coefficient (Wildman–Crippen LogP) is 4.81. The SMILES string of the molecule is C=CC(=O)OCC(C)c1c(Br)cc(Br)cc1Br. The molecule has 1 aromatic rings. The Hall–Kier alpha value is -0.130. The summed E-state index contributed by atoms with van der Waals surface area (Å²) >= 11 is 10.4. The average Bonchev–Trinajstić information content (AvgIpc) is 2.24. The molecule has 0 radical (unpaired) electrons. The summed E-state index contributed by atoms with van der Waals surface area (Å²) in [6.07, 6.45) is 1.17. The van der Waals surface area contributed by atoms with Crippen LogP contribution in [0.1, 0.15) is 18.4 Å². The molecule has 92 valence electrons. The molecular weight excluding hydrogens is 416 g/mol. The number of halogens is 3. The van der Waals surface area contributed by atoms with Gasteiger partial charge >= 0.3 is 5.97 Å². The van der Waals surface area contributed by atoms with Gasteiger partial charge < -0.3 is 4.74 Å². The summed E-state index contributed by atoms with van der Waals surface area (Å²) in [7, 11) is 0. The van der Waals surface area contributed by atoms with Crippen molar-refractivity contribution in [2.75, 3.05) is 6.61 Å². The predicted molar refractivity (Wildman–Crippen MR) is 79.1 cm³/mol. The van der Waals surface area contributed by atoms with Gasteiger partial charge in [-0.05, 0) is 17.7 Å². The first-order valence-corrected chi connectivity index (χ1v) is 7.27. The Balaban J connectivity index is 2.85. The van der Waals surface area contributed by atoms with Crippen LogP contribution in [0, 0.1) is 0 Å². The second kappa shape index (κ2) is 6.71. The van der Waals surface area contributed by atoms with Crippen LogP contribution in [0.25, 0.3) is 0 Å². The number of ether oxygens (including phenoxy) is 1. The van der Waals surface area contributed by atoms with Crippen LogP contribution >= 0.6 is 47.8 Å². The number of carbonyl (C=O) groups excluding carboxylic acids is 1. The third-order valence-electron chi connectivity index (χ3n) is 2.18. The Kier molecular flexibility index (Phi) is 5.89. The van der Waals surface area contributed by atoms with Gasteiger partial charge in [0.15, 0.2) is 0 Å². The number of rotatable bonds is 4. The van der Waals surface area contributed by atoms with E-state index in [1.165, 1.54) is 6.08 Å². The normalized spacial score (nSPS) is 12.0. The Labute approximate surface area is 126 Å². The maximum atomic E-state index is 11.0. The van der Waals surface area contributed by atoms with Gasteiger partial charge in [-0.1, -0.05) is 61.3 Å². The molecule has 0 fully saturated rings. The third kappa shape index (κ3) is 4.23. The molecule has 5 heteroatoms. The molecule has 0 saturated carbocycles. The van der Waals surface area contributed by atoms with Gasteiger partial charge in [-0.3, -0.25) is 0 Å². The van der Waals surface area contributed by atoms with Gasteiger partial charge in [0, 0.05) is 25.4 Å². The van der Waals surface area contributed by atoms with Crippen molar-refractivity contribution in [1.29, 1.82) is 0 Å². The lowest BCUT2D eigenvalue weighted by Crippen LogP contribution is -2.09. The molecule has 2 nitrogen and oxygen atoms in total. The van der Waals surface area contributed by atoms with Gasteiger partial charge in [-0.2, -0.15) is 0 Å². The van der Waals surface area contributed by atoms with Gasteiger partial charge in [0.1, 0.15) is 0 Å². The van der Waals surface area contributed by atoms with Crippen molar-refractivity contribution in [3.8, 4) is 0 Å². The van der Waals surface area contributed by atoms with E-state index in [-0.39, 0.29) is 5.92 Å². The number of esters is 1. The zero-order valence-corrected chi connectivity index (χ0v) is 13.9. The number of carbonyl (C=O) groups is 1. The first-order chi connectivity index (χ1) is 7.95. The molecule has 0 aliphatic rings. The monoisotopic (exact) mass is 424 g/mol. The van der Waals surface area contributed by atoms with Crippen molar-refractivity contribution in [1.82, 2.24) is 0 Å². The van der Waals surface area contributed by atoms with Crippen molar-refractivity contribution >= 4 is 53.8 Å². The van der Waals surface area contributed by atoms with E-state index in [1.54, 1.807) is 0 Å². The molecule has 0 aromatic heterocycles. The summed E-state index contributed by atoms with van der Waals surface area (Å²) in [5.41, 5.74) is 1.07. The van der Waals surface area contributed by atoms with Crippen LogP contribution in [-0.2, 0) is 9.53 Å². The lowest BCUT2D eigenvalue weighted by atomic mass is 10.0. The minimum absolute atomic E-state index is 0.0933. The molecule has 0 N–H and O–H groups in total. The quantitative estimate of drug-likeness (QED) is 0.510. The van der Waals surface area contributed by atoms with E-state index in [2.05, 4.69) is 54.4 Å². The van der Waals surface area contributed by atoms with Crippen molar-refractivity contribution in [3.63, 3.8) is 0 Å². The van der Waals surface area contributed by atoms with Gasteiger partial charge in [0.2, 0.25) is 0 Å². The second-order valence-corrected chi connectivity index (χ2v) is 6.14. The van der Waals surface area contributed by atoms with E-state index in [0.29, 0.717) is 6.61 Å². The summed E-state index contributed by atoms with van der Waals surface area (Å²) in [4.78, 5) is 11.0. The lowest BCUT2D eigenvalue weighted by molar-refractivity contribution is -0.138. The van der Waals surface area contributed by atoms with Crippen LogP contribution in [-0.4, -0.2) is 12.6 Å². The minimum Gasteiger partial charge on any atom is -0.462 e. The maximum absolute atomic E-state index is 11.0. The number of benzene rings is 1. The van der Waals surface area contributed by atoms with Crippen LogP contribution in [0.2, 0.25) is 0 Å². The Morgan fingerprint density at radius 3 is 2.41 bits per heavy atom. The fourth-order valence-corrected chi connectivity index (χ4v) is 4.41. The Morgan fingerprint density at radius 2 is 1.94 bits per heavy atom. The number of hydrogen-bond acceptors (Lipinski definition) is 2. The molecule has 0 aliphatic heterocycles. The van der Waals surface area contributed by atoms with Crippen molar-refractivity contribution in [2.45, 2.75) is 12.8 Å². The first kappa shape index (κ1) is 14.9. The molecule has 1 aromatic carbocycles. The highest BCUT2D eigenvalue weighted by Crippen LogP contribution is 2.35. The first-order valence-electron chi connectivity index (χ1n) is 4.89. The van der Waals surface area contributed by atoms with E-state index in [1.807, 2.05) is 19.1 Å². The molecule has 1 rings (SSSR count). The summed E-state index contributed by atoms with van der Waals surface area (Å²) in [6, 6.07) is 3.93. The van der Waals surface area contributed by atoms with Gasteiger partial charge in [0.05, 0.1) is 6.61 Å². The van der Waals surface area contributed by atoms with Crippen LogP contribution in [0.5, 0.6) is 0 Å². The molecule has 0 saturated heterocycles. The molecule has 0 aliphatic carbocycles. The molecule has 1 atom stereocenters. The van der Waals surface area contributed by atoms with E-state index in [0.717, 1.165) is 19.0 Å². The molecule has 0 spiro atoms. The standard InChI is InChI=1S/C12H11Br3O2/c1-3-11(16)17-6-7(2)12-9(14)4-8(13)5-10(12)15/h3-5,7H,1,6H2,2H3. The minimum atomic E-state index is -0.402. The molecule has 0 bridgehead atoms. The van der Waals surface area contributed by atoms with Crippen molar-refractivity contribution in [2.24, 2.45) is 0 Å². The zero-order valence-electron chi connectivity index (χ0n) is 9.17. The van der Waals surface area contributed by atoms with Gasteiger partial charge in [0.25, 0.3) is 0 Å². The second-order valence-electron chi connectivity index (χ2n) is 3.52. The smallest absolute Gasteiger partial charge is 0.330 e. The fourth-order valence-electron chi connectivity index (χ4n) is 1.37. The highest BCUT2D eigenvalue weighted by atomic mass is 79.9. The molecule has 0 amide bonds. The highest BCUT2D eigenvalue weighted by Gasteiger charge is 2.15. The van der Waals surface area contributed by atoms with Crippen LogP contribution < -0.4 is 0 Å². The molecular formula is C12H11Br3O2. The Bertz CT molecular complexity index is 420. The van der Waals surface area contributed by atoms with Gasteiger partial charge in [-0.25, -0.2) is 4.79 Å². The topological polar surface area (TPSA) is 26.3 Å². The summed E-state index contributed by atoms with van der Waals surface area (Å²) in [5.74, 6) is -0.308. The zero-order chi connectivity index (χ0) is 13.0. The van der Waals surface area contributed by atoms with E-state index in [9.17, 15) is 4.79 Å². The summed E-state index contributed by atoms with van der Waals surface area (Å²) < 4.78 is 7.97. The molecule has 17 heavy (non-hydrogen) atoms. The maximum Gasteiger partial charge on any atom is 0.330 e. The summed E-state index contributed by atoms with van der Waals surface area (Å²) in [5, 5.41) is 0. The van der Waals surface area contributed by atoms with Crippen LogP contribution in [0.4, 0.5) is 0 Å². The number of hydrogen-bond donors (Lipinski definition) is 0. The van der Waals surface area contributed by atoms with E-state index in [4.69, 9.17) is 4.74 Å². The largest absolute Gasteiger partial charge is 0.462 e. The van der Waals surface area contributed by atoms with E-state index >= 15 is 0 Å².